The molecule has 0 bridgehead atoms. The van der Waals surface area contributed by atoms with Crippen molar-refractivity contribution in [1.82, 2.24) is 14.9 Å². The van der Waals surface area contributed by atoms with Gasteiger partial charge in [0.15, 0.2) is 0 Å². The molecule has 2 amide bonds. The van der Waals surface area contributed by atoms with Gasteiger partial charge in [-0.25, -0.2) is 18.2 Å². The lowest BCUT2D eigenvalue weighted by molar-refractivity contribution is -0.124. The van der Waals surface area contributed by atoms with Crippen molar-refractivity contribution in [3.63, 3.8) is 0 Å². The van der Waals surface area contributed by atoms with Crippen LogP contribution in [0.2, 0.25) is 15.1 Å². The number of anilines is 1. The molecule has 1 heterocycles. The molecule has 13 heteroatoms. The van der Waals surface area contributed by atoms with Crippen LogP contribution >= 0.6 is 34.8 Å². The number of hydrogen-bond acceptors (Lipinski definition) is 4. The topological polar surface area (TPSA) is 85.2 Å². The number of aromatic nitrogens is 2. The van der Waals surface area contributed by atoms with Crippen molar-refractivity contribution in [2.75, 3.05) is 11.9 Å². The van der Waals surface area contributed by atoms with E-state index >= 15 is 0 Å². The van der Waals surface area contributed by atoms with E-state index in [9.17, 15) is 22.8 Å². The number of rotatable bonds is 10. The minimum absolute atomic E-state index is 0.0117. The molecule has 44 heavy (non-hydrogen) atoms. The van der Waals surface area contributed by atoms with Crippen LogP contribution in [0.25, 0.3) is 11.0 Å². The fraction of sp³-hybridized carbons (Fsp3) is 0.323. The second-order valence-corrected chi connectivity index (χ2v) is 11.8. The molecule has 4 aromatic rings. The van der Waals surface area contributed by atoms with Crippen LogP contribution in [0.3, 0.4) is 0 Å². The number of imidazole rings is 1. The average molecular weight is 668 g/mol. The Labute approximate surface area is 266 Å². The van der Waals surface area contributed by atoms with Crippen LogP contribution in [0.1, 0.15) is 53.0 Å². The number of halogens is 6. The molecule has 1 aliphatic rings. The number of nitrogens with zero attached hydrogens (tertiary/aromatic N) is 2. The number of carbonyl (C=O) groups is 2. The molecular weight excluding hydrogens is 640 g/mol. The van der Waals surface area contributed by atoms with E-state index in [1.165, 1.54) is 24.3 Å². The summed E-state index contributed by atoms with van der Waals surface area (Å²) >= 11 is 19.1. The fourth-order valence-corrected chi connectivity index (χ4v) is 6.02. The third-order valence-corrected chi connectivity index (χ3v) is 8.76. The molecule has 3 aromatic carbocycles. The summed E-state index contributed by atoms with van der Waals surface area (Å²) in [7, 11) is 1.73. The molecule has 2 N–H and O–H groups in total. The zero-order valence-electron chi connectivity index (χ0n) is 23.5. The predicted molar refractivity (Wildman–Crippen MR) is 165 cm³/mol. The lowest BCUT2D eigenvalue weighted by atomic mass is 10.1. The molecule has 0 saturated heterocycles. The van der Waals surface area contributed by atoms with E-state index in [4.69, 9.17) is 39.5 Å². The van der Waals surface area contributed by atoms with Crippen LogP contribution in [0.15, 0.2) is 42.5 Å². The Morgan fingerprint density at radius 3 is 2.52 bits per heavy atom. The summed E-state index contributed by atoms with van der Waals surface area (Å²) in [5.41, 5.74) is 2.35. The van der Waals surface area contributed by atoms with E-state index in [-0.39, 0.29) is 46.8 Å². The molecule has 0 atom stereocenters. The Balaban J connectivity index is 1.44. The van der Waals surface area contributed by atoms with Gasteiger partial charge in [-0.05, 0) is 54.3 Å². The minimum atomic E-state index is -2.78. The van der Waals surface area contributed by atoms with E-state index in [1.54, 1.807) is 23.7 Å². The van der Waals surface area contributed by atoms with Crippen molar-refractivity contribution >= 4 is 63.3 Å². The number of carbonyl (C=O) groups excluding carboxylic acids is 2. The zero-order valence-corrected chi connectivity index (χ0v) is 25.8. The highest BCUT2D eigenvalue weighted by atomic mass is 35.5. The predicted octanol–water partition coefficient (Wildman–Crippen LogP) is 7.97. The van der Waals surface area contributed by atoms with Crippen LogP contribution in [0.4, 0.5) is 18.9 Å². The van der Waals surface area contributed by atoms with E-state index < -0.39 is 24.8 Å². The number of benzene rings is 3. The smallest absolute Gasteiger partial charge is 0.272 e. The van der Waals surface area contributed by atoms with Crippen molar-refractivity contribution < 1.29 is 27.5 Å². The first kappa shape index (κ1) is 31.9. The highest BCUT2D eigenvalue weighted by Crippen LogP contribution is 2.33. The summed E-state index contributed by atoms with van der Waals surface area (Å²) in [6, 6.07) is 10.0. The standard InChI is InChI=1S/C31H28Cl3F3N4O3/c1-41-25-13-26(44-15-27(36)37)20(31(43)39-18-7-9-23(35)22(33)10-18)11-24(25)40-28(41)12-19-21(32)8-6-17(29(19)34)14-38-30(42)16-4-2-3-5-16/h6-11,13,16,27H,2-5,12,14-15H2,1H3,(H,38,42)(H,39,43). The lowest BCUT2D eigenvalue weighted by Gasteiger charge is -2.14. The van der Waals surface area contributed by atoms with Gasteiger partial charge in [0, 0.05) is 42.7 Å². The van der Waals surface area contributed by atoms with Crippen LogP contribution in [-0.4, -0.2) is 34.4 Å². The Hall–Kier alpha value is -3.47. The first-order valence-electron chi connectivity index (χ1n) is 13.9. The van der Waals surface area contributed by atoms with Crippen molar-refractivity contribution in [3.8, 4) is 5.75 Å². The molecule has 7 nitrogen and oxygen atoms in total. The normalized spacial score (nSPS) is 13.5. The van der Waals surface area contributed by atoms with Crippen LogP contribution < -0.4 is 15.4 Å². The third kappa shape index (κ3) is 7.08. The minimum Gasteiger partial charge on any atom is -0.487 e. The lowest BCUT2D eigenvalue weighted by Crippen LogP contribution is -2.28. The summed E-state index contributed by atoms with van der Waals surface area (Å²) < 4.78 is 46.8. The fourth-order valence-electron chi connectivity index (χ4n) is 5.27. The van der Waals surface area contributed by atoms with Crippen molar-refractivity contribution in [2.45, 2.75) is 45.1 Å². The van der Waals surface area contributed by atoms with Crippen molar-refractivity contribution in [1.29, 1.82) is 0 Å². The number of ether oxygens (including phenoxy) is 1. The van der Waals surface area contributed by atoms with Gasteiger partial charge in [0.05, 0.1) is 26.6 Å². The molecular formula is C31H28Cl3F3N4O3. The number of aryl methyl sites for hydroxylation is 1. The molecule has 0 radical (unpaired) electrons. The quantitative estimate of drug-likeness (QED) is 0.180. The van der Waals surface area contributed by atoms with Gasteiger partial charge in [0.2, 0.25) is 5.91 Å². The summed E-state index contributed by atoms with van der Waals surface area (Å²) in [5.74, 6) is -0.877. The van der Waals surface area contributed by atoms with Crippen LogP contribution in [0, 0.1) is 11.7 Å². The summed E-state index contributed by atoms with van der Waals surface area (Å²) in [5, 5.41) is 6.17. The Kier molecular flexibility index (Phi) is 9.92. The average Bonchev–Trinajstić information content (AvgIpc) is 3.63. The largest absolute Gasteiger partial charge is 0.487 e. The van der Waals surface area contributed by atoms with Crippen molar-refractivity contribution in [2.24, 2.45) is 13.0 Å². The van der Waals surface area contributed by atoms with E-state index in [1.807, 2.05) is 0 Å². The van der Waals surface area contributed by atoms with Gasteiger partial charge < -0.3 is 19.9 Å². The molecule has 1 fully saturated rings. The van der Waals surface area contributed by atoms with E-state index in [2.05, 4.69) is 15.6 Å². The molecule has 232 valence electrons. The van der Waals surface area contributed by atoms with Crippen LogP contribution in [-0.2, 0) is 24.8 Å². The van der Waals surface area contributed by atoms with Gasteiger partial charge in [-0.3, -0.25) is 9.59 Å². The number of alkyl halides is 2. The van der Waals surface area contributed by atoms with Gasteiger partial charge in [-0.15, -0.1) is 0 Å². The number of nitrogens with one attached hydrogen (secondary N) is 2. The first-order valence-corrected chi connectivity index (χ1v) is 15.0. The molecule has 1 aliphatic carbocycles. The SMILES string of the molecule is Cn1c(Cc2c(Cl)ccc(CNC(=O)C3CCCC3)c2Cl)nc2cc(C(=O)Nc3ccc(F)c(Cl)c3)c(OCC(F)F)cc21. The molecule has 1 aromatic heterocycles. The summed E-state index contributed by atoms with van der Waals surface area (Å²) in [4.78, 5) is 30.4. The molecule has 0 unspecified atom stereocenters. The van der Waals surface area contributed by atoms with Crippen LogP contribution in [0.5, 0.6) is 5.75 Å². The maximum atomic E-state index is 13.6. The maximum Gasteiger partial charge on any atom is 0.272 e. The Morgan fingerprint density at radius 2 is 1.82 bits per heavy atom. The molecule has 1 saturated carbocycles. The van der Waals surface area contributed by atoms with Crippen molar-refractivity contribution in [3.05, 3.63) is 85.9 Å². The van der Waals surface area contributed by atoms with E-state index in [0.29, 0.717) is 38.0 Å². The maximum absolute atomic E-state index is 13.6. The highest BCUT2D eigenvalue weighted by molar-refractivity contribution is 6.36. The Bertz CT molecular complexity index is 1720. The molecule has 0 aliphatic heterocycles. The second-order valence-electron chi connectivity index (χ2n) is 10.6. The number of hydrogen-bond donors (Lipinski definition) is 2. The van der Waals surface area contributed by atoms with Gasteiger partial charge >= 0.3 is 0 Å². The molecule has 5 rings (SSSR count). The van der Waals surface area contributed by atoms with Gasteiger partial charge in [-0.2, -0.15) is 0 Å². The van der Waals surface area contributed by atoms with E-state index in [0.717, 1.165) is 31.7 Å². The number of fused-ring (bicyclic) bond motifs is 1. The third-order valence-electron chi connectivity index (χ3n) is 7.64. The zero-order chi connectivity index (χ0) is 31.5. The monoisotopic (exact) mass is 666 g/mol. The van der Waals surface area contributed by atoms with Gasteiger partial charge in [-0.1, -0.05) is 53.7 Å². The van der Waals surface area contributed by atoms with Gasteiger partial charge in [0.25, 0.3) is 12.3 Å². The summed E-state index contributed by atoms with van der Waals surface area (Å²) in [6.45, 7) is -0.683. The second kappa shape index (κ2) is 13.7. The number of amides is 2. The molecule has 0 spiro atoms. The van der Waals surface area contributed by atoms with Gasteiger partial charge in [0.1, 0.15) is 24.0 Å². The highest BCUT2D eigenvalue weighted by Gasteiger charge is 2.24. The summed E-state index contributed by atoms with van der Waals surface area (Å²) in [6.07, 6.45) is 1.30. The Morgan fingerprint density at radius 1 is 1.07 bits per heavy atom. The first-order chi connectivity index (χ1) is 21.0.